The van der Waals surface area contributed by atoms with Crippen LogP contribution in [-0.2, 0) is 40.8 Å². The van der Waals surface area contributed by atoms with Crippen molar-refractivity contribution in [2.75, 3.05) is 10.6 Å². The number of aromatic nitrogens is 4. The number of rotatable bonds is 4. The zero-order valence-corrected chi connectivity index (χ0v) is 32.1. The van der Waals surface area contributed by atoms with Crippen molar-refractivity contribution in [3.8, 4) is 0 Å². The van der Waals surface area contributed by atoms with Gasteiger partial charge in [-0.3, -0.25) is 19.4 Å². The first-order valence-electron chi connectivity index (χ1n) is 18.6. The summed E-state index contributed by atoms with van der Waals surface area (Å²) in [4.78, 5) is 28.0. The molecule has 0 saturated heterocycles. The fourth-order valence-electron chi connectivity index (χ4n) is 9.44. The van der Waals surface area contributed by atoms with E-state index in [1.54, 1.807) is 18.9 Å². The summed E-state index contributed by atoms with van der Waals surface area (Å²) in [5, 5.41) is 14.6. The smallest absolute Gasteiger partial charge is 0.342 e. The number of aromatic amines is 1. The van der Waals surface area contributed by atoms with E-state index in [0.29, 0.717) is 35.0 Å². The SMILES string of the molecule is CC1(C)CC(=O)C2=C(C1)Nc1nn(CC3(C)CC(=O)C4=C(C3)Nc3n[nH]c(C(F)(F)F)c3C4c3cccc(F)c3C(F)(F)F)c(C(F)(F)F)c1C2c1cc(F)ccc1C(F)(F)F. The maximum absolute atomic E-state index is 15.5. The van der Waals surface area contributed by atoms with Gasteiger partial charge in [0.1, 0.15) is 23.0 Å². The molecular weight excluding hydrogens is 862 g/mol. The Hall–Kier alpha value is -5.70. The van der Waals surface area contributed by atoms with Gasteiger partial charge in [0, 0.05) is 64.9 Å². The maximum Gasteiger partial charge on any atom is 0.433 e. The molecule has 4 aliphatic rings. The molecule has 2 aromatic carbocycles. The summed E-state index contributed by atoms with van der Waals surface area (Å²) in [6.45, 7) is 3.66. The van der Waals surface area contributed by atoms with Gasteiger partial charge in [0.15, 0.2) is 23.2 Å². The molecule has 0 spiro atoms. The molecule has 2 aliphatic heterocycles. The Bertz CT molecular complexity index is 2640. The molecule has 0 saturated carbocycles. The van der Waals surface area contributed by atoms with Crippen LogP contribution in [0.5, 0.6) is 0 Å². The van der Waals surface area contributed by atoms with Crippen LogP contribution in [0.25, 0.3) is 0 Å². The van der Waals surface area contributed by atoms with Crippen molar-refractivity contribution in [3.05, 3.63) is 115 Å². The number of Topliss-reactive ketones (excluding diaryl/α,β-unsaturated/α-hetero) is 2. The third-order valence-electron chi connectivity index (χ3n) is 11.6. The Morgan fingerprint density at radius 2 is 1.31 bits per heavy atom. The molecule has 62 heavy (non-hydrogen) atoms. The quantitative estimate of drug-likeness (QED) is 0.176. The Balaban J connectivity index is 1.29. The van der Waals surface area contributed by atoms with E-state index in [-0.39, 0.29) is 24.2 Å². The number of alkyl halides is 12. The van der Waals surface area contributed by atoms with Gasteiger partial charge in [0.2, 0.25) is 0 Å². The van der Waals surface area contributed by atoms with Crippen LogP contribution in [0.3, 0.4) is 0 Å². The monoisotopic (exact) mass is 892 g/mol. The van der Waals surface area contributed by atoms with Crippen molar-refractivity contribution in [1.82, 2.24) is 20.0 Å². The van der Waals surface area contributed by atoms with Crippen LogP contribution >= 0.6 is 0 Å². The molecule has 4 heterocycles. The summed E-state index contributed by atoms with van der Waals surface area (Å²) in [5.41, 5.74) is -14.9. The number of H-pyrrole nitrogens is 1. The molecule has 0 radical (unpaired) electrons. The predicted octanol–water partition coefficient (Wildman–Crippen LogP) is 11.0. The van der Waals surface area contributed by atoms with Crippen LogP contribution in [0.2, 0.25) is 0 Å². The maximum atomic E-state index is 15.5. The van der Waals surface area contributed by atoms with E-state index in [1.807, 2.05) is 0 Å². The number of carbonyl (C=O) groups excluding carboxylic acids is 2. The third kappa shape index (κ3) is 7.11. The topological polar surface area (TPSA) is 105 Å². The summed E-state index contributed by atoms with van der Waals surface area (Å²) in [5.74, 6) is -10.8. The summed E-state index contributed by atoms with van der Waals surface area (Å²) < 4.78 is 207. The van der Waals surface area contributed by atoms with Crippen LogP contribution in [-0.4, -0.2) is 31.5 Å². The fourth-order valence-corrected chi connectivity index (χ4v) is 9.44. The van der Waals surface area contributed by atoms with Gasteiger partial charge in [0.25, 0.3) is 0 Å². The molecule has 3 atom stereocenters. The van der Waals surface area contributed by atoms with Gasteiger partial charge in [-0.1, -0.05) is 32.9 Å². The summed E-state index contributed by atoms with van der Waals surface area (Å²) >= 11 is 0. The number of benzene rings is 2. The molecule has 2 aromatic heterocycles. The highest BCUT2D eigenvalue weighted by atomic mass is 19.4. The zero-order valence-electron chi connectivity index (χ0n) is 32.1. The van der Waals surface area contributed by atoms with Crippen molar-refractivity contribution in [2.24, 2.45) is 10.8 Å². The number of ketones is 2. The molecule has 3 unspecified atom stereocenters. The normalized spacial score (nSPS) is 22.8. The van der Waals surface area contributed by atoms with Crippen molar-refractivity contribution < 1.29 is 71.1 Å². The van der Waals surface area contributed by atoms with Gasteiger partial charge in [0.05, 0.1) is 11.1 Å². The molecule has 3 N–H and O–H groups in total. The zero-order chi connectivity index (χ0) is 45.4. The number of nitrogens with one attached hydrogen (secondary N) is 3. The molecule has 330 valence electrons. The largest absolute Gasteiger partial charge is 0.433 e. The number of hydrogen-bond donors (Lipinski definition) is 3. The van der Waals surface area contributed by atoms with E-state index < -0.39 is 158 Å². The van der Waals surface area contributed by atoms with E-state index in [4.69, 9.17) is 0 Å². The molecule has 0 fully saturated rings. The standard InChI is InChI=1S/C40H30F14N6O2/c1-35(2)10-20-26(22(61)12-35)25(17-9-15(41)7-8-18(17)37(43,44)45)29-32(40(52,53)54)60(59-34(29)56-20)14-36(3)11-21-27(23(62)13-36)24(16-5-4-6-19(42)30(16)38(46,47)48)28-31(39(49,50)51)57-58-33(28)55-21/h4-9,24-25H,10-14H2,1-3H3,(H,56,59)(H2,55,57,58). The summed E-state index contributed by atoms with van der Waals surface area (Å²) in [6, 6.07) is 3.12. The summed E-state index contributed by atoms with van der Waals surface area (Å²) in [7, 11) is 0. The summed E-state index contributed by atoms with van der Waals surface area (Å²) in [6.07, 6.45) is -23.2. The average molecular weight is 893 g/mol. The second-order valence-electron chi connectivity index (χ2n) is 17.0. The molecule has 8 rings (SSSR count). The first-order valence-corrected chi connectivity index (χ1v) is 18.6. The minimum absolute atomic E-state index is 0.0442. The van der Waals surface area contributed by atoms with E-state index in [2.05, 4.69) is 20.8 Å². The van der Waals surface area contributed by atoms with Crippen LogP contribution in [0, 0.1) is 22.5 Å². The number of nitrogens with zero attached hydrogens (tertiary/aromatic N) is 3. The predicted molar refractivity (Wildman–Crippen MR) is 189 cm³/mol. The minimum Gasteiger partial charge on any atom is -0.342 e. The van der Waals surface area contributed by atoms with Crippen LogP contribution in [0.15, 0.2) is 58.9 Å². The second kappa shape index (κ2) is 13.6. The van der Waals surface area contributed by atoms with E-state index >= 15 is 13.2 Å². The highest BCUT2D eigenvalue weighted by Gasteiger charge is 2.54. The van der Waals surface area contributed by atoms with Crippen molar-refractivity contribution in [2.45, 2.75) is 89.5 Å². The number of fused-ring (bicyclic) bond motifs is 2. The Labute approximate surface area is 340 Å². The van der Waals surface area contributed by atoms with Crippen molar-refractivity contribution >= 4 is 23.2 Å². The lowest BCUT2D eigenvalue weighted by Gasteiger charge is -2.40. The number of allylic oxidation sites excluding steroid dienone is 4. The first kappa shape index (κ1) is 43.0. The third-order valence-corrected chi connectivity index (χ3v) is 11.6. The van der Waals surface area contributed by atoms with E-state index in [1.165, 1.54) is 6.92 Å². The molecular formula is C40H30F14N6O2. The lowest BCUT2D eigenvalue weighted by atomic mass is 9.67. The van der Waals surface area contributed by atoms with Crippen LogP contribution in [0.1, 0.15) is 103 Å². The minimum atomic E-state index is -5.49. The Kier molecular flexibility index (Phi) is 9.46. The second-order valence-corrected chi connectivity index (χ2v) is 17.0. The molecule has 4 aromatic rings. The first-order chi connectivity index (χ1) is 28.5. The average Bonchev–Trinajstić information content (AvgIpc) is 3.69. The van der Waals surface area contributed by atoms with Gasteiger partial charge in [-0.2, -0.15) is 62.9 Å². The van der Waals surface area contributed by atoms with Crippen molar-refractivity contribution in [1.29, 1.82) is 0 Å². The highest BCUT2D eigenvalue weighted by molar-refractivity contribution is 6.02. The van der Waals surface area contributed by atoms with Gasteiger partial charge in [-0.15, -0.1) is 0 Å². The number of anilines is 2. The molecule has 2 aliphatic carbocycles. The Morgan fingerprint density at radius 1 is 0.694 bits per heavy atom. The highest BCUT2D eigenvalue weighted by Crippen LogP contribution is 2.57. The van der Waals surface area contributed by atoms with Gasteiger partial charge < -0.3 is 10.6 Å². The fraction of sp³-hybridized carbons (Fsp3) is 0.400. The molecule has 0 bridgehead atoms. The number of halogens is 14. The molecule has 0 amide bonds. The van der Waals surface area contributed by atoms with Gasteiger partial charge in [-0.25, -0.2) is 8.78 Å². The van der Waals surface area contributed by atoms with Crippen molar-refractivity contribution in [3.63, 3.8) is 0 Å². The lowest BCUT2D eigenvalue weighted by Crippen LogP contribution is -2.39. The Morgan fingerprint density at radius 3 is 1.92 bits per heavy atom. The van der Waals surface area contributed by atoms with Gasteiger partial charge >= 0.3 is 24.7 Å². The van der Waals surface area contributed by atoms with Crippen LogP contribution in [0.4, 0.5) is 73.1 Å². The lowest BCUT2D eigenvalue weighted by molar-refractivity contribution is -0.146. The van der Waals surface area contributed by atoms with Crippen LogP contribution < -0.4 is 10.6 Å². The number of carbonyl (C=O) groups is 2. The molecule has 22 heteroatoms. The van der Waals surface area contributed by atoms with Gasteiger partial charge in [-0.05, 0) is 59.1 Å². The number of hydrogen-bond acceptors (Lipinski definition) is 6. The van der Waals surface area contributed by atoms with E-state index in [0.717, 1.165) is 6.07 Å². The molecule has 8 nitrogen and oxygen atoms in total. The van der Waals surface area contributed by atoms with E-state index in [9.17, 15) is 57.9 Å².